The maximum absolute atomic E-state index is 3.81. The zero-order chi connectivity index (χ0) is 17.6. The summed E-state index contributed by atoms with van der Waals surface area (Å²) in [6, 6.07) is 16.5. The van der Waals surface area contributed by atoms with Crippen molar-refractivity contribution in [2.24, 2.45) is 11.8 Å². The van der Waals surface area contributed by atoms with Crippen LogP contribution in [0.15, 0.2) is 46.9 Å². The summed E-state index contributed by atoms with van der Waals surface area (Å²) in [5.41, 5.74) is 6.60. The van der Waals surface area contributed by atoms with Gasteiger partial charge in [0.25, 0.3) is 0 Å². The van der Waals surface area contributed by atoms with Gasteiger partial charge in [-0.25, -0.2) is 0 Å². The average Bonchev–Trinajstić information content (AvgIpc) is 3.00. The van der Waals surface area contributed by atoms with Crippen LogP contribution in [0.5, 0.6) is 0 Å². The SMILES string of the molecule is Brc1ccc2c(c1)C(C1CCCCC1)(C1CCCCC1)c1ccccc1-2. The molecule has 0 N–H and O–H groups in total. The molecule has 3 aliphatic carbocycles. The topological polar surface area (TPSA) is 0 Å². The van der Waals surface area contributed by atoms with Crippen molar-refractivity contribution in [3.05, 3.63) is 58.1 Å². The maximum atomic E-state index is 3.81. The Morgan fingerprint density at radius 2 is 1.23 bits per heavy atom. The minimum atomic E-state index is 0.260. The summed E-state index contributed by atoms with van der Waals surface area (Å²) in [6.45, 7) is 0. The number of rotatable bonds is 2. The molecule has 2 saturated carbocycles. The third kappa shape index (κ3) is 2.46. The first-order valence-electron chi connectivity index (χ1n) is 10.7. The third-order valence-corrected chi connectivity index (χ3v) is 8.08. The molecular formula is C25H29Br. The van der Waals surface area contributed by atoms with Crippen LogP contribution in [0.4, 0.5) is 0 Å². The summed E-state index contributed by atoms with van der Waals surface area (Å²) < 4.78 is 1.25. The molecule has 0 aromatic heterocycles. The first kappa shape index (κ1) is 17.0. The molecule has 2 fully saturated rings. The second-order valence-corrected chi connectivity index (χ2v) is 9.69. The smallest absolute Gasteiger partial charge is 0.0271 e. The average molecular weight is 409 g/mol. The van der Waals surface area contributed by atoms with E-state index in [-0.39, 0.29) is 5.41 Å². The predicted octanol–water partition coefficient (Wildman–Crippen LogP) is 7.88. The van der Waals surface area contributed by atoms with Gasteiger partial charge in [0.1, 0.15) is 0 Å². The van der Waals surface area contributed by atoms with E-state index in [1.54, 1.807) is 11.1 Å². The summed E-state index contributed by atoms with van der Waals surface area (Å²) >= 11 is 3.81. The van der Waals surface area contributed by atoms with E-state index in [0.717, 1.165) is 11.8 Å². The van der Waals surface area contributed by atoms with Crippen LogP contribution >= 0.6 is 15.9 Å². The van der Waals surface area contributed by atoms with Crippen LogP contribution in [0.2, 0.25) is 0 Å². The van der Waals surface area contributed by atoms with Gasteiger partial charge in [-0.05, 0) is 71.9 Å². The Morgan fingerprint density at radius 3 is 1.88 bits per heavy atom. The molecule has 0 unspecified atom stereocenters. The van der Waals surface area contributed by atoms with Crippen molar-refractivity contribution in [3.63, 3.8) is 0 Å². The van der Waals surface area contributed by atoms with E-state index in [0.29, 0.717) is 0 Å². The molecule has 0 heterocycles. The van der Waals surface area contributed by atoms with Crippen LogP contribution in [-0.4, -0.2) is 0 Å². The maximum Gasteiger partial charge on any atom is 0.0271 e. The van der Waals surface area contributed by atoms with Crippen molar-refractivity contribution in [3.8, 4) is 11.1 Å². The third-order valence-electron chi connectivity index (χ3n) is 7.59. The minimum absolute atomic E-state index is 0.260. The van der Waals surface area contributed by atoms with E-state index >= 15 is 0 Å². The van der Waals surface area contributed by atoms with Crippen LogP contribution in [-0.2, 0) is 5.41 Å². The Balaban J connectivity index is 1.78. The Bertz CT molecular complexity index is 776. The molecule has 0 bridgehead atoms. The van der Waals surface area contributed by atoms with E-state index < -0.39 is 0 Å². The van der Waals surface area contributed by atoms with Gasteiger partial charge in [-0.2, -0.15) is 0 Å². The normalized spacial score (nSPS) is 22.8. The number of hydrogen-bond donors (Lipinski definition) is 0. The van der Waals surface area contributed by atoms with E-state index in [4.69, 9.17) is 0 Å². The van der Waals surface area contributed by atoms with E-state index in [1.807, 2.05) is 0 Å². The molecule has 2 aromatic carbocycles. The van der Waals surface area contributed by atoms with Crippen molar-refractivity contribution in [1.29, 1.82) is 0 Å². The standard InChI is InChI=1S/C25H29Br/c26-20-15-16-22-21-13-7-8-14-23(21)25(24(22)17-20,18-9-3-1-4-10-18)19-11-5-2-6-12-19/h7-8,13-19H,1-6,9-12H2. The molecule has 0 aliphatic heterocycles. The molecule has 1 heteroatoms. The number of hydrogen-bond acceptors (Lipinski definition) is 0. The van der Waals surface area contributed by atoms with Gasteiger partial charge in [-0.1, -0.05) is 84.8 Å². The Morgan fingerprint density at radius 1 is 0.654 bits per heavy atom. The molecule has 5 rings (SSSR count). The largest absolute Gasteiger partial charge is 0.0619 e. The molecule has 2 aromatic rings. The first-order valence-corrected chi connectivity index (χ1v) is 11.5. The fourth-order valence-electron chi connectivity index (χ4n) is 6.65. The Hall–Kier alpha value is -1.08. The summed E-state index contributed by atoms with van der Waals surface area (Å²) in [6.07, 6.45) is 14.2. The van der Waals surface area contributed by atoms with Crippen LogP contribution in [0.1, 0.15) is 75.3 Å². The highest BCUT2D eigenvalue weighted by atomic mass is 79.9. The number of benzene rings is 2. The van der Waals surface area contributed by atoms with Gasteiger partial charge in [0.2, 0.25) is 0 Å². The lowest BCUT2D eigenvalue weighted by Gasteiger charge is -2.49. The molecule has 136 valence electrons. The van der Waals surface area contributed by atoms with Gasteiger partial charge in [0.05, 0.1) is 0 Å². The van der Waals surface area contributed by atoms with E-state index in [9.17, 15) is 0 Å². The second kappa shape index (κ2) is 6.82. The van der Waals surface area contributed by atoms with E-state index in [2.05, 4.69) is 58.4 Å². The quantitative estimate of drug-likeness (QED) is 0.473. The Labute approximate surface area is 166 Å². The molecular weight excluding hydrogens is 380 g/mol. The van der Waals surface area contributed by atoms with Gasteiger partial charge in [-0.3, -0.25) is 0 Å². The van der Waals surface area contributed by atoms with Crippen LogP contribution in [0, 0.1) is 11.8 Å². The summed E-state index contributed by atoms with van der Waals surface area (Å²) in [4.78, 5) is 0. The molecule has 0 radical (unpaired) electrons. The van der Waals surface area contributed by atoms with Crippen molar-refractivity contribution in [2.45, 2.75) is 69.6 Å². The van der Waals surface area contributed by atoms with E-state index in [1.165, 1.54) is 79.8 Å². The highest BCUT2D eigenvalue weighted by molar-refractivity contribution is 9.10. The van der Waals surface area contributed by atoms with Crippen molar-refractivity contribution >= 4 is 15.9 Å². The van der Waals surface area contributed by atoms with Gasteiger partial charge in [-0.15, -0.1) is 0 Å². The van der Waals surface area contributed by atoms with Crippen molar-refractivity contribution < 1.29 is 0 Å². The molecule has 3 aliphatic rings. The highest BCUT2D eigenvalue weighted by Crippen LogP contribution is 2.61. The fraction of sp³-hybridized carbons (Fsp3) is 0.520. The minimum Gasteiger partial charge on any atom is -0.0619 e. The lowest BCUT2D eigenvalue weighted by molar-refractivity contribution is 0.137. The zero-order valence-electron chi connectivity index (χ0n) is 15.6. The van der Waals surface area contributed by atoms with Crippen molar-refractivity contribution in [2.75, 3.05) is 0 Å². The number of fused-ring (bicyclic) bond motifs is 3. The van der Waals surface area contributed by atoms with Crippen LogP contribution in [0.3, 0.4) is 0 Å². The van der Waals surface area contributed by atoms with Gasteiger partial charge in [0.15, 0.2) is 0 Å². The lowest BCUT2D eigenvalue weighted by atomic mass is 9.55. The van der Waals surface area contributed by atoms with Crippen LogP contribution < -0.4 is 0 Å². The van der Waals surface area contributed by atoms with Gasteiger partial charge < -0.3 is 0 Å². The number of halogens is 1. The summed E-state index contributed by atoms with van der Waals surface area (Å²) in [5, 5.41) is 0. The second-order valence-electron chi connectivity index (χ2n) is 8.77. The lowest BCUT2D eigenvalue weighted by Crippen LogP contribution is -2.44. The molecule has 0 atom stereocenters. The molecule has 0 nitrogen and oxygen atoms in total. The monoisotopic (exact) mass is 408 g/mol. The van der Waals surface area contributed by atoms with Crippen molar-refractivity contribution in [1.82, 2.24) is 0 Å². The van der Waals surface area contributed by atoms with Gasteiger partial charge >= 0.3 is 0 Å². The van der Waals surface area contributed by atoms with Gasteiger partial charge in [0, 0.05) is 9.89 Å². The Kier molecular flexibility index (Phi) is 4.47. The zero-order valence-corrected chi connectivity index (χ0v) is 17.2. The molecule has 0 saturated heterocycles. The molecule has 0 amide bonds. The summed E-state index contributed by atoms with van der Waals surface area (Å²) in [7, 11) is 0. The van der Waals surface area contributed by atoms with Crippen LogP contribution in [0.25, 0.3) is 11.1 Å². The first-order chi connectivity index (χ1) is 12.8. The summed E-state index contributed by atoms with van der Waals surface area (Å²) in [5.74, 6) is 1.63. The highest BCUT2D eigenvalue weighted by Gasteiger charge is 2.53. The predicted molar refractivity (Wildman–Crippen MR) is 114 cm³/mol. The fourth-order valence-corrected chi connectivity index (χ4v) is 7.01. The molecule has 26 heavy (non-hydrogen) atoms. The molecule has 0 spiro atoms.